The van der Waals surface area contributed by atoms with E-state index < -0.39 is 12.1 Å². The number of nitrogens with zero attached hydrogens (tertiary/aromatic N) is 1. The van der Waals surface area contributed by atoms with Crippen LogP contribution >= 0.6 is 0 Å². The van der Waals surface area contributed by atoms with Gasteiger partial charge < -0.3 is 24.2 Å². The molecule has 2 aromatic rings. The summed E-state index contributed by atoms with van der Waals surface area (Å²) < 4.78 is 16.3. The highest BCUT2D eigenvalue weighted by molar-refractivity contribution is 5.95. The zero-order valence-electron chi connectivity index (χ0n) is 15.0. The highest BCUT2D eigenvalue weighted by Gasteiger charge is 2.29. The van der Waals surface area contributed by atoms with Gasteiger partial charge in [0.2, 0.25) is 0 Å². The van der Waals surface area contributed by atoms with Crippen molar-refractivity contribution in [2.24, 2.45) is 0 Å². The topological polar surface area (TPSA) is 85.3 Å². The molecule has 1 N–H and O–H groups in total. The maximum atomic E-state index is 12.7. The summed E-state index contributed by atoms with van der Waals surface area (Å²) in [6.07, 6.45) is -1.00. The van der Waals surface area contributed by atoms with Gasteiger partial charge in [-0.25, -0.2) is 4.79 Å². The van der Waals surface area contributed by atoms with E-state index in [0.717, 1.165) is 5.56 Å². The number of carboxylic acids is 1. The van der Waals surface area contributed by atoms with Gasteiger partial charge in [-0.05, 0) is 23.8 Å². The summed E-state index contributed by atoms with van der Waals surface area (Å²) in [6.45, 7) is 0.937. The molecule has 1 aliphatic rings. The summed E-state index contributed by atoms with van der Waals surface area (Å²) in [5, 5.41) is 9.08. The predicted molar refractivity (Wildman–Crippen MR) is 97.0 cm³/mol. The summed E-state index contributed by atoms with van der Waals surface area (Å²) in [6, 6.07) is 14.7. The molecule has 0 spiro atoms. The number of hydrogen-bond donors (Lipinski definition) is 1. The van der Waals surface area contributed by atoms with Crippen molar-refractivity contribution in [2.45, 2.75) is 12.7 Å². The molecule has 1 saturated heterocycles. The van der Waals surface area contributed by atoms with Crippen molar-refractivity contribution >= 4 is 11.9 Å². The fraction of sp³-hybridized carbons (Fsp3) is 0.300. The van der Waals surface area contributed by atoms with Crippen molar-refractivity contribution in [1.29, 1.82) is 0 Å². The Labute approximate surface area is 157 Å². The van der Waals surface area contributed by atoms with Crippen LogP contribution in [0.15, 0.2) is 48.5 Å². The fourth-order valence-corrected chi connectivity index (χ4v) is 2.82. The summed E-state index contributed by atoms with van der Waals surface area (Å²) >= 11 is 0. The summed E-state index contributed by atoms with van der Waals surface area (Å²) in [5.74, 6) is -0.365. The van der Waals surface area contributed by atoms with E-state index in [1.165, 1.54) is 12.0 Å². The number of morpholine rings is 1. The van der Waals surface area contributed by atoms with Gasteiger partial charge in [-0.2, -0.15) is 0 Å². The molecule has 7 nitrogen and oxygen atoms in total. The van der Waals surface area contributed by atoms with E-state index >= 15 is 0 Å². The largest absolute Gasteiger partial charge is 0.493 e. The highest BCUT2D eigenvalue weighted by Crippen LogP contribution is 2.29. The van der Waals surface area contributed by atoms with E-state index in [0.29, 0.717) is 30.2 Å². The summed E-state index contributed by atoms with van der Waals surface area (Å²) in [4.78, 5) is 25.3. The van der Waals surface area contributed by atoms with Gasteiger partial charge in [0.15, 0.2) is 17.6 Å². The number of aliphatic carboxylic acids is 1. The van der Waals surface area contributed by atoms with E-state index in [1.54, 1.807) is 18.2 Å². The van der Waals surface area contributed by atoms with E-state index in [2.05, 4.69) is 0 Å². The third-order valence-corrected chi connectivity index (χ3v) is 4.28. The molecule has 2 aromatic carbocycles. The fourth-order valence-electron chi connectivity index (χ4n) is 2.82. The van der Waals surface area contributed by atoms with E-state index in [4.69, 9.17) is 19.3 Å². The molecular formula is C20H21NO6. The van der Waals surface area contributed by atoms with Crippen LogP contribution in [0.4, 0.5) is 0 Å². The van der Waals surface area contributed by atoms with Crippen LogP contribution in [0.25, 0.3) is 0 Å². The first-order valence-corrected chi connectivity index (χ1v) is 8.57. The Balaban J connectivity index is 1.71. The smallest absolute Gasteiger partial charge is 0.334 e. The van der Waals surface area contributed by atoms with Crippen LogP contribution in [0, 0.1) is 0 Å². The standard InChI is InChI=1S/C20H21NO6/c1-25-17-11-15(19(22)21-9-10-26-18(12-21)20(23)24)7-8-16(17)27-13-14-5-3-2-4-6-14/h2-8,11,18H,9-10,12-13H2,1H3,(H,23,24)/t18-/m0/s1. The number of methoxy groups -OCH3 is 1. The van der Waals surface area contributed by atoms with Gasteiger partial charge in [-0.3, -0.25) is 4.79 Å². The lowest BCUT2D eigenvalue weighted by atomic mass is 10.1. The van der Waals surface area contributed by atoms with Gasteiger partial charge in [0, 0.05) is 12.1 Å². The predicted octanol–water partition coefficient (Wildman–Crippen LogP) is 2.20. The zero-order chi connectivity index (χ0) is 19.2. The van der Waals surface area contributed by atoms with Gasteiger partial charge in [0.25, 0.3) is 5.91 Å². The molecule has 0 saturated carbocycles. The van der Waals surface area contributed by atoms with Crippen LogP contribution in [-0.2, 0) is 16.1 Å². The zero-order valence-corrected chi connectivity index (χ0v) is 15.0. The number of amides is 1. The maximum Gasteiger partial charge on any atom is 0.334 e. The van der Waals surface area contributed by atoms with E-state index in [9.17, 15) is 9.59 Å². The van der Waals surface area contributed by atoms with Crippen LogP contribution in [0.5, 0.6) is 11.5 Å². The SMILES string of the molecule is COc1cc(C(=O)N2CCO[C@H](C(=O)O)C2)ccc1OCc1ccccc1. The number of benzene rings is 2. The van der Waals surface area contributed by atoms with Gasteiger partial charge in [-0.1, -0.05) is 30.3 Å². The lowest BCUT2D eigenvalue weighted by Gasteiger charge is -2.31. The summed E-state index contributed by atoms with van der Waals surface area (Å²) in [7, 11) is 1.51. The van der Waals surface area contributed by atoms with Crippen molar-refractivity contribution in [2.75, 3.05) is 26.8 Å². The minimum atomic E-state index is -1.07. The first-order chi connectivity index (χ1) is 13.1. The normalized spacial score (nSPS) is 16.6. The Morgan fingerprint density at radius 3 is 2.67 bits per heavy atom. The van der Waals surface area contributed by atoms with Crippen molar-refractivity contribution in [3.63, 3.8) is 0 Å². The molecule has 1 amide bonds. The molecule has 0 aromatic heterocycles. The average molecular weight is 371 g/mol. The molecule has 3 rings (SSSR count). The molecule has 1 fully saturated rings. The van der Waals surface area contributed by atoms with E-state index in [-0.39, 0.29) is 19.1 Å². The first kappa shape index (κ1) is 18.7. The van der Waals surface area contributed by atoms with Crippen molar-refractivity contribution in [3.05, 3.63) is 59.7 Å². The average Bonchev–Trinajstić information content (AvgIpc) is 2.72. The molecule has 142 valence electrons. The molecule has 1 atom stereocenters. The van der Waals surface area contributed by atoms with Gasteiger partial charge in [-0.15, -0.1) is 0 Å². The first-order valence-electron chi connectivity index (χ1n) is 8.57. The Hall–Kier alpha value is -3.06. The van der Waals surface area contributed by atoms with Crippen molar-refractivity contribution in [1.82, 2.24) is 4.90 Å². The van der Waals surface area contributed by atoms with Gasteiger partial charge in [0.1, 0.15) is 6.61 Å². The Morgan fingerprint density at radius 2 is 1.96 bits per heavy atom. The van der Waals surface area contributed by atoms with Crippen LogP contribution in [-0.4, -0.2) is 54.8 Å². The number of carboxylic acid groups (broad SMARTS) is 1. The number of carbonyl (C=O) groups excluding carboxylic acids is 1. The van der Waals surface area contributed by atoms with Gasteiger partial charge >= 0.3 is 5.97 Å². The Bertz CT molecular complexity index is 807. The second-order valence-corrected chi connectivity index (χ2v) is 6.09. The number of hydrogen-bond acceptors (Lipinski definition) is 5. The summed E-state index contributed by atoms with van der Waals surface area (Å²) in [5.41, 5.74) is 1.43. The van der Waals surface area contributed by atoms with Crippen molar-refractivity contribution < 1.29 is 28.9 Å². The molecular weight excluding hydrogens is 350 g/mol. The molecule has 7 heteroatoms. The molecule has 0 unspecified atom stereocenters. The van der Waals surface area contributed by atoms with Crippen molar-refractivity contribution in [3.8, 4) is 11.5 Å². The molecule has 1 aliphatic heterocycles. The number of rotatable bonds is 6. The third kappa shape index (κ3) is 4.57. The molecule has 0 bridgehead atoms. The van der Waals surface area contributed by atoms with E-state index in [1.807, 2.05) is 30.3 Å². The maximum absolute atomic E-state index is 12.7. The highest BCUT2D eigenvalue weighted by atomic mass is 16.5. The lowest BCUT2D eigenvalue weighted by molar-refractivity contribution is -0.154. The number of ether oxygens (including phenoxy) is 3. The van der Waals surface area contributed by atoms with Crippen LogP contribution < -0.4 is 9.47 Å². The monoisotopic (exact) mass is 371 g/mol. The second kappa shape index (κ2) is 8.55. The molecule has 1 heterocycles. The Morgan fingerprint density at radius 1 is 1.19 bits per heavy atom. The number of carbonyl (C=O) groups is 2. The minimum Gasteiger partial charge on any atom is -0.493 e. The van der Waals surface area contributed by atoms with Gasteiger partial charge in [0.05, 0.1) is 20.3 Å². The third-order valence-electron chi connectivity index (χ3n) is 4.28. The second-order valence-electron chi connectivity index (χ2n) is 6.09. The lowest BCUT2D eigenvalue weighted by Crippen LogP contribution is -2.48. The van der Waals surface area contributed by atoms with Crippen LogP contribution in [0.1, 0.15) is 15.9 Å². The molecule has 0 aliphatic carbocycles. The minimum absolute atomic E-state index is 0.0166. The quantitative estimate of drug-likeness (QED) is 0.838. The molecule has 27 heavy (non-hydrogen) atoms. The Kier molecular flexibility index (Phi) is 5.93. The van der Waals surface area contributed by atoms with Crippen LogP contribution in [0.3, 0.4) is 0 Å². The van der Waals surface area contributed by atoms with Crippen LogP contribution in [0.2, 0.25) is 0 Å². The molecule has 0 radical (unpaired) electrons.